The highest BCUT2D eigenvalue weighted by Crippen LogP contribution is 2.32. The van der Waals surface area contributed by atoms with Gasteiger partial charge in [0, 0.05) is 45.1 Å². The summed E-state index contributed by atoms with van der Waals surface area (Å²) in [5.74, 6) is -0.238. The van der Waals surface area contributed by atoms with Gasteiger partial charge in [0.15, 0.2) is 0 Å². The summed E-state index contributed by atoms with van der Waals surface area (Å²) in [5, 5.41) is 17.2. The van der Waals surface area contributed by atoms with Crippen molar-refractivity contribution < 1.29 is 23.9 Å². The Balaban J connectivity index is 1.36. The molecule has 0 radical (unpaired) electrons. The number of amides is 4. The Morgan fingerprint density at radius 3 is 2.55 bits per heavy atom. The van der Waals surface area contributed by atoms with E-state index < -0.39 is 18.0 Å². The maximum Gasteiger partial charge on any atom is 0.243 e. The Morgan fingerprint density at radius 2 is 1.79 bits per heavy atom. The van der Waals surface area contributed by atoms with E-state index in [0.29, 0.717) is 50.8 Å². The van der Waals surface area contributed by atoms with Gasteiger partial charge in [0.25, 0.3) is 0 Å². The van der Waals surface area contributed by atoms with Gasteiger partial charge in [0.2, 0.25) is 23.6 Å². The van der Waals surface area contributed by atoms with Gasteiger partial charge in [-0.25, -0.2) is 4.68 Å². The highest BCUT2D eigenvalue weighted by Gasteiger charge is 2.30. The van der Waals surface area contributed by atoms with Gasteiger partial charge in [-0.15, -0.1) is 5.10 Å². The van der Waals surface area contributed by atoms with Crippen LogP contribution in [-0.4, -0.2) is 81.8 Å². The molecular formula is C35H45N7O5. The maximum absolute atomic E-state index is 13.6. The van der Waals surface area contributed by atoms with Crippen LogP contribution in [0.2, 0.25) is 0 Å². The van der Waals surface area contributed by atoms with Crippen molar-refractivity contribution in [2.24, 2.45) is 11.8 Å². The van der Waals surface area contributed by atoms with Gasteiger partial charge < -0.3 is 25.6 Å². The largest absolute Gasteiger partial charge is 0.492 e. The molecular weight excluding hydrogens is 598 g/mol. The number of carbonyl (C=O) groups excluding carboxylic acids is 4. The number of nitrogens with zero attached hydrogens (tertiary/aromatic N) is 4. The minimum Gasteiger partial charge on any atom is -0.492 e. The zero-order valence-corrected chi connectivity index (χ0v) is 27.2. The van der Waals surface area contributed by atoms with E-state index in [1.165, 1.54) is 0 Å². The van der Waals surface area contributed by atoms with Crippen molar-refractivity contribution in [2.45, 2.75) is 71.0 Å². The van der Waals surface area contributed by atoms with Crippen molar-refractivity contribution >= 4 is 23.6 Å². The molecule has 4 bridgehead atoms. The van der Waals surface area contributed by atoms with Gasteiger partial charge in [0.1, 0.15) is 24.4 Å². The van der Waals surface area contributed by atoms with Crippen molar-refractivity contribution in [1.29, 1.82) is 0 Å². The number of hydrogen-bond donors (Lipinski definition) is 3. The number of nitrogens with one attached hydrogen (secondary N) is 3. The van der Waals surface area contributed by atoms with Crippen LogP contribution in [0.4, 0.5) is 0 Å². The molecule has 0 saturated heterocycles. The van der Waals surface area contributed by atoms with Gasteiger partial charge in [0.05, 0.1) is 18.7 Å². The number of ether oxygens (including phenoxy) is 1. The maximum atomic E-state index is 13.6. The smallest absolute Gasteiger partial charge is 0.243 e. The molecule has 1 aliphatic heterocycles. The molecule has 1 aliphatic carbocycles. The molecule has 12 heteroatoms. The second-order valence-corrected chi connectivity index (χ2v) is 12.8. The minimum absolute atomic E-state index is 0.0555. The lowest BCUT2D eigenvalue weighted by Crippen LogP contribution is -2.56. The molecule has 4 amide bonds. The lowest BCUT2D eigenvalue weighted by molar-refractivity contribution is -0.133. The molecule has 3 aromatic rings. The second-order valence-electron chi connectivity index (χ2n) is 12.8. The summed E-state index contributed by atoms with van der Waals surface area (Å²) in [6, 6.07) is 15.0. The average Bonchev–Trinajstić information content (AvgIpc) is 3.75. The van der Waals surface area contributed by atoms with Gasteiger partial charge in [-0.05, 0) is 47.9 Å². The third-order valence-electron chi connectivity index (χ3n) is 8.45. The number of rotatable bonds is 5. The molecule has 47 heavy (non-hydrogen) atoms. The van der Waals surface area contributed by atoms with Crippen molar-refractivity contribution in [1.82, 2.24) is 35.8 Å². The Labute approximate surface area is 275 Å². The molecule has 0 unspecified atom stereocenters. The van der Waals surface area contributed by atoms with E-state index >= 15 is 0 Å². The molecule has 0 spiro atoms. The highest BCUT2D eigenvalue weighted by molar-refractivity contribution is 5.92. The SMILES string of the molecule is CC(C)[C@H]1NC(=O)Cc2cccc(c2)OCCn2cc(nn2)CCN(C(=O)CC2CC2)CCNC(=O)[C@H](Cc2ccccc2)NC1=O. The predicted molar refractivity (Wildman–Crippen MR) is 175 cm³/mol. The number of hydrogen-bond acceptors (Lipinski definition) is 7. The zero-order valence-electron chi connectivity index (χ0n) is 27.2. The monoisotopic (exact) mass is 643 g/mol. The fourth-order valence-electron chi connectivity index (χ4n) is 5.58. The molecule has 2 heterocycles. The topological polar surface area (TPSA) is 148 Å². The third kappa shape index (κ3) is 10.4. The average molecular weight is 644 g/mol. The lowest BCUT2D eigenvalue weighted by Gasteiger charge is -2.26. The Kier molecular flexibility index (Phi) is 11.6. The van der Waals surface area contributed by atoms with Crippen molar-refractivity contribution in [2.75, 3.05) is 26.2 Å². The molecule has 12 nitrogen and oxygen atoms in total. The van der Waals surface area contributed by atoms with Crippen LogP contribution in [0.5, 0.6) is 5.75 Å². The molecule has 5 rings (SSSR count). The van der Waals surface area contributed by atoms with Crippen molar-refractivity contribution in [3.8, 4) is 5.75 Å². The Hall–Kier alpha value is -4.74. The van der Waals surface area contributed by atoms with Crippen LogP contribution in [0.3, 0.4) is 0 Å². The van der Waals surface area contributed by atoms with E-state index in [1.54, 1.807) is 15.6 Å². The molecule has 2 aliphatic rings. The first kappa shape index (κ1) is 33.6. The molecule has 3 N–H and O–H groups in total. The summed E-state index contributed by atoms with van der Waals surface area (Å²) < 4.78 is 7.65. The summed E-state index contributed by atoms with van der Waals surface area (Å²) in [4.78, 5) is 55.3. The van der Waals surface area contributed by atoms with Crippen molar-refractivity contribution in [3.05, 3.63) is 77.6 Å². The van der Waals surface area contributed by atoms with Crippen molar-refractivity contribution in [3.63, 3.8) is 0 Å². The lowest BCUT2D eigenvalue weighted by atomic mass is 10.0. The predicted octanol–water partition coefficient (Wildman–Crippen LogP) is 2.07. The van der Waals surface area contributed by atoms with Crippen LogP contribution in [0.25, 0.3) is 0 Å². The number of benzene rings is 2. The Bertz CT molecular complexity index is 1520. The van der Waals surface area contributed by atoms with E-state index in [1.807, 2.05) is 68.6 Å². The molecule has 2 aromatic carbocycles. The first-order chi connectivity index (χ1) is 22.7. The number of fused-ring (bicyclic) bond motifs is 4. The quantitative estimate of drug-likeness (QED) is 0.386. The van der Waals surface area contributed by atoms with E-state index in [9.17, 15) is 19.2 Å². The number of carbonyl (C=O) groups is 4. The Morgan fingerprint density at radius 1 is 0.979 bits per heavy atom. The fourth-order valence-corrected chi connectivity index (χ4v) is 5.58. The molecule has 1 saturated carbocycles. The third-order valence-corrected chi connectivity index (χ3v) is 8.45. The number of aromatic nitrogens is 3. The van der Waals surface area contributed by atoms with Gasteiger partial charge in [-0.3, -0.25) is 19.2 Å². The zero-order chi connectivity index (χ0) is 33.2. The van der Waals surface area contributed by atoms with Crippen LogP contribution in [0.15, 0.2) is 60.8 Å². The normalized spacial score (nSPS) is 20.5. The fraction of sp³-hybridized carbons (Fsp3) is 0.486. The summed E-state index contributed by atoms with van der Waals surface area (Å²) in [7, 11) is 0. The van der Waals surface area contributed by atoms with E-state index in [0.717, 1.165) is 29.7 Å². The summed E-state index contributed by atoms with van der Waals surface area (Å²) in [6.45, 7) is 5.53. The van der Waals surface area contributed by atoms with E-state index in [2.05, 4.69) is 26.3 Å². The highest BCUT2D eigenvalue weighted by atomic mass is 16.5. The molecule has 250 valence electrons. The summed E-state index contributed by atoms with van der Waals surface area (Å²) in [5.41, 5.74) is 2.38. The van der Waals surface area contributed by atoms with E-state index in [4.69, 9.17) is 4.74 Å². The van der Waals surface area contributed by atoms with Crippen LogP contribution < -0.4 is 20.7 Å². The van der Waals surface area contributed by atoms with Gasteiger partial charge in [-0.2, -0.15) is 0 Å². The van der Waals surface area contributed by atoms with Crippen LogP contribution in [0.1, 0.15) is 49.9 Å². The molecule has 1 aromatic heterocycles. The molecule has 1 fully saturated rings. The molecule has 2 atom stereocenters. The summed E-state index contributed by atoms with van der Waals surface area (Å²) >= 11 is 0. The standard InChI is InChI=1S/C35H45N7O5/c1-24(2)33-35(46)37-30(20-25-7-4-3-5-8-25)34(45)36-14-16-41(32(44)22-26-11-12-26)15-13-28-23-42(40-39-28)17-18-47-29-10-6-9-27(19-29)21-31(43)38-33/h3-10,19,23-24,26,30,33H,11-18,20-22H2,1-2H3,(H,36,45)(H,37,46)(H,38,43)/t30-,33+/m0/s1. The van der Waals surface area contributed by atoms with Crippen LogP contribution in [0, 0.1) is 11.8 Å². The first-order valence-electron chi connectivity index (χ1n) is 16.5. The minimum atomic E-state index is -0.885. The first-order valence-corrected chi connectivity index (χ1v) is 16.5. The van der Waals surface area contributed by atoms with E-state index in [-0.39, 0.29) is 43.0 Å². The second kappa shape index (κ2) is 16.2. The van der Waals surface area contributed by atoms with Crippen LogP contribution >= 0.6 is 0 Å². The van der Waals surface area contributed by atoms with Crippen LogP contribution in [-0.2, 0) is 45.0 Å². The van der Waals surface area contributed by atoms with Gasteiger partial charge >= 0.3 is 0 Å². The summed E-state index contributed by atoms with van der Waals surface area (Å²) in [6.07, 6.45) is 5.33. The van der Waals surface area contributed by atoms with Gasteiger partial charge in [-0.1, -0.05) is 61.5 Å².